The van der Waals surface area contributed by atoms with Gasteiger partial charge in [-0.3, -0.25) is 9.59 Å². The van der Waals surface area contributed by atoms with Crippen molar-refractivity contribution in [3.05, 3.63) is 30.0 Å². The van der Waals surface area contributed by atoms with Gasteiger partial charge >= 0.3 is 5.97 Å². The second kappa shape index (κ2) is 5.64. The van der Waals surface area contributed by atoms with Gasteiger partial charge in [-0.25, -0.2) is 0 Å². The summed E-state index contributed by atoms with van der Waals surface area (Å²) in [4.78, 5) is 22.5. The molecule has 0 bridgehead atoms. The van der Waals surface area contributed by atoms with Crippen molar-refractivity contribution >= 4 is 22.8 Å². The highest BCUT2D eigenvalue weighted by Crippen LogP contribution is 2.26. The summed E-state index contributed by atoms with van der Waals surface area (Å²) in [7, 11) is 1.56. The van der Waals surface area contributed by atoms with Crippen LogP contribution >= 0.6 is 0 Å². The zero-order valence-corrected chi connectivity index (χ0v) is 11.2. The molecule has 6 heteroatoms. The standard InChI is InChI=1S/C14H15NO5/c1-8(14(15)17)20-13(16)5-9-7-19-12-6-10(18-2)3-4-11(9)12/h3-4,6-8H,5H2,1-2H3,(H2,15,17)/t8-/m1/s1. The average Bonchev–Trinajstić information content (AvgIpc) is 2.80. The smallest absolute Gasteiger partial charge is 0.311 e. The molecule has 20 heavy (non-hydrogen) atoms. The van der Waals surface area contributed by atoms with E-state index in [1.165, 1.54) is 13.2 Å². The van der Waals surface area contributed by atoms with Gasteiger partial charge in [0.25, 0.3) is 5.91 Å². The summed E-state index contributed by atoms with van der Waals surface area (Å²) in [5.74, 6) is -0.543. The number of carbonyl (C=O) groups is 2. The fourth-order valence-corrected chi connectivity index (χ4v) is 1.78. The maximum Gasteiger partial charge on any atom is 0.311 e. The van der Waals surface area contributed by atoms with Gasteiger partial charge in [-0.15, -0.1) is 0 Å². The largest absolute Gasteiger partial charge is 0.497 e. The SMILES string of the molecule is COc1ccc2c(CC(=O)O[C@H](C)C(N)=O)coc2c1. The molecule has 1 heterocycles. The molecule has 1 aromatic heterocycles. The Bertz CT molecular complexity index is 646. The van der Waals surface area contributed by atoms with E-state index in [1.54, 1.807) is 25.3 Å². The Kier molecular flexibility index (Phi) is 3.93. The van der Waals surface area contributed by atoms with Gasteiger partial charge in [0.05, 0.1) is 19.8 Å². The lowest BCUT2D eigenvalue weighted by molar-refractivity contribution is -0.153. The fraction of sp³-hybridized carbons (Fsp3) is 0.286. The van der Waals surface area contributed by atoms with Crippen molar-refractivity contribution in [1.29, 1.82) is 0 Å². The first-order valence-electron chi connectivity index (χ1n) is 6.04. The first kappa shape index (κ1) is 13.9. The molecule has 2 aromatic rings. The molecule has 6 nitrogen and oxygen atoms in total. The number of ether oxygens (including phenoxy) is 2. The Morgan fingerprint density at radius 3 is 2.80 bits per heavy atom. The Balaban J connectivity index is 2.14. The Morgan fingerprint density at radius 1 is 1.40 bits per heavy atom. The molecule has 106 valence electrons. The molecule has 2 N–H and O–H groups in total. The number of hydrogen-bond donors (Lipinski definition) is 1. The van der Waals surface area contributed by atoms with Gasteiger partial charge in [0.1, 0.15) is 11.3 Å². The molecule has 1 aromatic carbocycles. The quantitative estimate of drug-likeness (QED) is 0.834. The van der Waals surface area contributed by atoms with Crippen molar-refractivity contribution in [2.45, 2.75) is 19.4 Å². The molecule has 1 atom stereocenters. The zero-order chi connectivity index (χ0) is 14.7. The number of furan rings is 1. The van der Waals surface area contributed by atoms with Crippen LogP contribution in [0.5, 0.6) is 5.75 Å². The first-order valence-corrected chi connectivity index (χ1v) is 6.04. The molecule has 0 radical (unpaired) electrons. The molecule has 0 fully saturated rings. The van der Waals surface area contributed by atoms with Gasteiger partial charge in [-0.05, 0) is 19.1 Å². The maximum absolute atomic E-state index is 11.7. The second-order valence-electron chi connectivity index (χ2n) is 4.33. The summed E-state index contributed by atoms with van der Waals surface area (Å²) < 4.78 is 15.4. The van der Waals surface area contributed by atoms with Crippen molar-refractivity contribution in [2.75, 3.05) is 7.11 Å². The molecule has 0 saturated heterocycles. The number of rotatable bonds is 5. The minimum atomic E-state index is -0.944. The Labute approximate surface area is 115 Å². The van der Waals surface area contributed by atoms with Gasteiger partial charge in [0, 0.05) is 17.0 Å². The lowest BCUT2D eigenvalue weighted by Gasteiger charge is -2.08. The molecular weight excluding hydrogens is 262 g/mol. The monoisotopic (exact) mass is 277 g/mol. The summed E-state index contributed by atoms with van der Waals surface area (Å²) in [6.07, 6.45) is 0.554. The van der Waals surface area contributed by atoms with E-state index in [0.29, 0.717) is 16.9 Å². The van der Waals surface area contributed by atoms with Crippen molar-refractivity contribution in [1.82, 2.24) is 0 Å². The number of amides is 1. The van der Waals surface area contributed by atoms with E-state index < -0.39 is 18.0 Å². The number of esters is 1. The fourth-order valence-electron chi connectivity index (χ4n) is 1.78. The van der Waals surface area contributed by atoms with Gasteiger partial charge in [-0.2, -0.15) is 0 Å². The second-order valence-corrected chi connectivity index (χ2v) is 4.33. The number of fused-ring (bicyclic) bond motifs is 1. The van der Waals surface area contributed by atoms with Crippen LogP contribution in [-0.4, -0.2) is 25.1 Å². The molecule has 0 aliphatic heterocycles. The molecule has 0 saturated carbocycles. The maximum atomic E-state index is 11.7. The highest BCUT2D eigenvalue weighted by atomic mass is 16.5. The van der Waals surface area contributed by atoms with Crippen LogP contribution in [0.3, 0.4) is 0 Å². The third-order valence-electron chi connectivity index (χ3n) is 2.91. The molecule has 0 aliphatic rings. The summed E-state index contributed by atoms with van der Waals surface area (Å²) in [6, 6.07) is 5.31. The van der Waals surface area contributed by atoms with Gasteiger partial charge in [-0.1, -0.05) is 0 Å². The molecular formula is C14H15NO5. The zero-order valence-electron chi connectivity index (χ0n) is 11.2. The van der Waals surface area contributed by atoms with Gasteiger partial charge in [0.2, 0.25) is 0 Å². The third-order valence-corrected chi connectivity index (χ3v) is 2.91. The van der Waals surface area contributed by atoms with Crippen LogP contribution in [0.2, 0.25) is 0 Å². The highest BCUT2D eigenvalue weighted by molar-refractivity contribution is 5.88. The summed E-state index contributed by atoms with van der Waals surface area (Å²) in [5, 5.41) is 0.800. The van der Waals surface area contributed by atoms with Crippen LogP contribution in [0, 0.1) is 0 Å². The number of benzene rings is 1. The topological polar surface area (TPSA) is 91.8 Å². The lowest BCUT2D eigenvalue weighted by Crippen LogP contribution is -2.30. The van der Waals surface area contributed by atoms with E-state index in [9.17, 15) is 9.59 Å². The number of methoxy groups -OCH3 is 1. The van der Waals surface area contributed by atoms with Crippen molar-refractivity contribution in [3.8, 4) is 5.75 Å². The number of primary amides is 1. The number of carbonyl (C=O) groups excluding carboxylic acids is 2. The number of nitrogens with two attached hydrogens (primary N) is 1. The van der Waals surface area contributed by atoms with E-state index in [-0.39, 0.29) is 6.42 Å². The van der Waals surface area contributed by atoms with Crippen LogP contribution in [0.25, 0.3) is 11.0 Å². The first-order chi connectivity index (χ1) is 9.51. The number of hydrogen-bond acceptors (Lipinski definition) is 5. The van der Waals surface area contributed by atoms with Crippen LogP contribution in [0.4, 0.5) is 0 Å². The molecule has 0 unspecified atom stereocenters. The Hall–Kier alpha value is -2.50. The highest BCUT2D eigenvalue weighted by Gasteiger charge is 2.17. The third kappa shape index (κ3) is 2.90. The van der Waals surface area contributed by atoms with Crippen LogP contribution in [0.15, 0.2) is 28.9 Å². The van der Waals surface area contributed by atoms with Gasteiger partial charge in [0.15, 0.2) is 6.10 Å². The molecule has 1 amide bonds. The normalized spacial score (nSPS) is 12.1. The average molecular weight is 277 g/mol. The lowest BCUT2D eigenvalue weighted by atomic mass is 10.1. The summed E-state index contributed by atoms with van der Waals surface area (Å²) in [5.41, 5.74) is 6.34. The van der Waals surface area contributed by atoms with Gasteiger partial charge < -0.3 is 19.6 Å². The summed E-state index contributed by atoms with van der Waals surface area (Å²) >= 11 is 0. The van der Waals surface area contributed by atoms with E-state index in [2.05, 4.69) is 0 Å². The summed E-state index contributed by atoms with van der Waals surface area (Å²) in [6.45, 7) is 1.43. The van der Waals surface area contributed by atoms with Crippen molar-refractivity contribution in [2.24, 2.45) is 5.73 Å². The van der Waals surface area contributed by atoms with Crippen LogP contribution < -0.4 is 10.5 Å². The van der Waals surface area contributed by atoms with E-state index in [4.69, 9.17) is 19.6 Å². The van der Waals surface area contributed by atoms with Crippen molar-refractivity contribution < 1.29 is 23.5 Å². The Morgan fingerprint density at radius 2 is 2.15 bits per heavy atom. The van der Waals surface area contributed by atoms with E-state index in [1.807, 2.05) is 0 Å². The minimum Gasteiger partial charge on any atom is -0.497 e. The predicted octanol–water partition coefficient (Wildman–Crippen LogP) is 1.40. The van der Waals surface area contributed by atoms with E-state index >= 15 is 0 Å². The minimum absolute atomic E-state index is 0.0109. The van der Waals surface area contributed by atoms with Crippen LogP contribution in [0.1, 0.15) is 12.5 Å². The van der Waals surface area contributed by atoms with Crippen LogP contribution in [-0.2, 0) is 20.7 Å². The molecule has 2 rings (SSSR count). The molecule has 0 aliphatic carbocycles. The molecule has 0 spiro atoms. The van der Waals surface area contributed by atoms with E-state index in [0.717, 1.165) is 5.39 Å². The predicted molar refractivity (Wildman–Crippen MR) is 71.2 cm³/mol. The van der Waals surface area contributed by atoms with Crippen molar-refractivity contribution in [3.63, 3.8) is 0 Å².